The Balaban J connectivity index is 1.57. The number of ether oxygens (including phenoxy) is 2. The molecular formula is C23H27NO3. The molecule has 4 rings (SSSR count). The quantitative estimate of drug-likeness (QED) is 0.786. The lowest BCUT2D eigenvalue weighted by molar-refractivity contribution is -0.131. The van der Waals surface area contributed by atoms with E-state index >= 15 is 0 Å². The first kappa shape index (κ1) is 17.9. The van der Waals surface area contributed by atoms with E-state index in [0.717, 1.165) is 48.6 Å². The van der Waals surface area contributed by atoms with Crippen LogP contribution in [0.5, 0.6) is 11.5 Å². The van der Waals surface area contributed by atoms with E-state index in [1.807, 2.05) is 30.3 Å². The van der Waals surface area contributed by atoms with Gasteiger partial charge in [0.2, 0.25) is 12.7 Å². The molecular weight excluding hydrogens is 338 g/mol. The lowest BCUT2D eigenvalue weighted by Crippen LogP contribution is -2.34. The number of hydrogen-bond acceptors (Lipinski definition) is 3. The van der Waals surface area contributed by atoms with Gasteiger partial charge in [-0.3, -0.25) is 4.79 Å². The topological polar surface area (TPSA) is 38.8 Å². The van der Waals surface area contributed by atoms with Crippen LogP contribution in [0.4, 0.5) is 0 Å². The third-order valence-corrected chi connectivity index (χ3v) is 5.59. The van der Waals surface area contributed by atoms with Crippen molar-refractivity contribution in [2.45, 2.75) is 44.4 Å². The molecule has 27 heavy (non-hydrogen) atoms. The molecule has 2 aliphatic rings. The van der Waals surface area contributed by atoms with E-state index in [0.29, 0.717) is 6.42 Å². The molecule has 2 heterocycles. The summed E-state index contributed by atoms with van der Waals surface area (Å²) in [5, 5.41) is 0. The normalized spacial score (nSPS) is 17.9. The Morgan fingerprint density at radius 2 is 1.56 bits per heavy atom. The molecule has 2 aliphatic heterocycles. The summed E-state index contributed by atoms with van der Waals surface area (Å²) in [4.78, 5) is 15.2. The van der Waals surface area contributed by atoms with Gasteiger partial charge in [-0.05, 0) is 36.1 Å². The SMILES string of the molecule is O=C(C[C@@H](c1ccccc1)c1ccc2c(c1)OCO2)N1CCCCCCC1. The number of rotatable bonds is 4. The second kappa shape index (κ2) is 8.47. The second-order valence-corrected chi connectivity index (χ2v) is 7.43. The van der Waals surface area contributed by atoms with Crippen LogP contribution in [0.25, 0.3) is 0 Å². The fourth-order valence-electron chi connectivity index (χ4n) is 4.04. The zero-order valence-electron chi connectivity index (χ0n) is 15.7. The van der Waals surface area contributed by atoms with Crippen LogP contribution in [0, 0.1) is 0 Å². The summed E-state index contributed by atoms with van der Waals surface area (Å²) in [5.74, 6) is 1.83. The highest BCUT2D eigenvalue weighted by Gasteiger charge is 2.24. The van der Waals surface area contributed by atoms with Gasteiger partial charge in [-0.1, -0.05) is 55.7 Å². The molecule has 0 unspecified atom stereocenters. The first-order chi connectivity index (χ1) is 13.3. The van der Waals surface area contributed by atoms with E-state index in [1.54, 1.807) is 0 Å². The van der Waals surface area contributed by atoms with Crippen molar-refractivity contribution in [1.29, 1.82) is 0 Å². The molecule has 0 aliphatic carbocycles. The van der Waals surface area contributed by atoms with Crippen molar-refractivity contribution in [3.63, 3.8) is 0 Å². The summed E-state index contributed by atoms with van der Waals surface area (Å²) < 4.78 is 11.0. The van der Waals surface area contributed by atoms with Crippen LogP contribution in [-0.2, 0) is 4.79 Å². The minimum absolute atomic E-state index is 0.0265. The molecule has 1 saturated heterocycles. The van der Waals surface area contributed by atoms with Crippen LogP contribution in [0.2, 0.25) is 0 Å². The maximum atomic E-state index is 13.1. The highest BCUT2D eigenvalue weighted by Crippen LogP contribution is 2.37. The first-order valence-corrected chi connectivity index (χ1v) is 10.0. The molecule has 0 radical (unpaired) electrons. The van der Waals surface area contributed by atoms with Crippen LogP contribution >= 0.6 is 0 Å². The summed E-state index contributed by atoms with van der Waals surface area (Å²) in [7, 11) is 0. The van der Waals surface area contributed by atoms with Crippen molar-refractivity contribution < 1.29 is 14.3 Å². The summed E-state index contributed by atoms with van der Waals surface area (Å²) in [5.41, 5.74) is 2.27. The van der Waals surface area contributed by atoms with Crippen molar-refractivity contribution in [3.05, 3.63) is 59.7 Å². The predicted octanol–water partition coefficient (Wildman–Crippen LogP) is 4.73. The molecule has 0 spiro atoms. The average molecular weight is 365 g/mol. The molecule has 0 N–H and O–H groups in total. The number of carbonyl (C=O) groups excluding carboxylic acids is 1. The van der Waals surface area contributed by atoms with Crippen molar-refractivity contribution in [3.8, 4) is 11.5 Å². The van der Waals surface area contributed by atoms with E-state index in [1.165, 1.54) is 19.3 Å². The van der Waals surface area contributed by atoms with Gasteiger partial charge in [-0.15, -0.1) is 0 Å². The highest BCUT2D eigenvalue weighted by atomic mass is 16.7. The van der Waals surface area contributed by atoms with Gasteiger partial charge in [0.15, 0.2) is 11.5 Å². The molecule has 2 aromatic carbocycles. The molecule has 0 saturated carbocycles. The van der Waals surface area contributed by atoms with Crippen molar-refractivity contribution >= 4 is 5.91 Å². The zero-order chi connectivity index (χ0) is 18.5. The molecule has 1 amide bonds. The fraction of sp³-hybridized carbons (Fsp3) is 0.435. The van der Waals surface area contributed by atoms with Gasteiger partial charge in [-0.2, -0.15) is 0 Å². The van der Waals surface area contributed by atoms with Crippen molar-refractivity contribution in [1.82, 2.24) is 4.90 Å². The number of hydrogen-bond donors (Lipinski definition) is 0. The molecule has 4 heteroatoms. The Hall–Kier alpha value is -2.49. The summed E-state index contributed by atoms with van der Waals surface area (Å²) in [6.45, 7) is 2.05. The standard InChI is InChI=1S/C23H27NO3/c25-23(24-13-7-2-1-3-8-14-24)16-20(18-9-5-4-6-10-18)19-11-12-21-22(15-19)27-17-26-21/h4-6,9-12,15,20H,1-3,7-8,13-14,16-17H2/t20-/m0/s1. The molecule has 1 atom stereocenters. The lowest BCUT2D eigenvalue weighted by atomic mass is 9.87. The van der Waals surface area contributed by atoms with Crippen LogP contribution in [-0.4, -0.2) is 30.7 Å². The molecule has 0 aromatic heterocycles. The number of benzene rings is 2. The molecule has 142 valence electrons. The van der Waals surface area contributed by atoms with Crippen LogP contribution in [0.1, 0.15) is 55.6 Å². The Bertz CT molecular complexity index is 766. The smallest absolute Gasteiger partial charge is 0.231 e. The third kappa shape index (κ3) is 4.26. The Labute approximate surface area is 161 Å². The fourth-order valence-corrected chi connectivity index (χ4v) is 4.04. The van der Waals surface area contributed by atoms with E-state index in [9.17, 15) is 4.79 Å². The number of carbonyl (C=O) groups is 1. The number of amides is 1. The van der Waals surface area contributed by atoms with Gasteiger partial charge in [0.05, 0.1) is 0 Å². The zero-order valence-corrected chi connectivity index (χ0v) is 15.7. The Kier molecular flexibility index (Phi) is 5.61. The minimum atomic E-state index is 0.0265. The monoisotopic (exact) mass is 365 g/mol. The van der Waals surface area contributed by atoms with E-state index in [-0.39, 0.29) is 18.6 Å². The van der Waals surface area contributed by atoms with Crippen molar-refractivity contribution in [2.75, 3.05) is 19.9 Å². The maximum absolute atomic E-state index is 13.1. The summed E-state index contributed by atoms with van der Waals surface area (Å²) >= 11 is 0. The average Bonchev–Trinajstić information content (AvgIpc) is 3.14. The Morgan fingerprint density at radius 3 is 2.33 bits per heavy atom. The van der Waals surface area contributed by atoms with E-state index < -0.39 is 0 Å². The van der Waals surface area contributed by atoms with Crippen LogP contribution in [0.3, 0.4) is 0 Å². The highest BCUT2D eigenvalue weighted by molar-refractivity contribution is 5.78. The second-order valence-electron chi connectivity index (χ2n) is 7.43. The third-order valence-electron chi connectivity index (χ3n) is 5.59. The van der Waals surface area contributed by atoms with Crippen LogP contribution in [0.15, 0.2) is 48.5 Å². The van der Waals surface area contributed by atoms with E-state index in [2.05, 4.69) is 23.1 Å². The predicted molar refractivity (Wildman–Crippen MR) is 105 cm³/mol. The van der Waals surface area contributed by atoms with Crippen molar-refractivity contribution in [2.24, 2.45) is 0 Å². The molecule has 2 aromatic rings. The maximum Gasteiger partial charge on any atom is 0.231 e. The van der Waals surface area contributed by atoms with Gasteiger partial charge in [0, 0.05) is 25.4 Å². The molecule has 1 fully saturated rings. The van der Waals surface area contributed by atoms with Gasteiger partial charge < -0.3 is 14.4 Å². The lowest BCUT2D eigenvalue weighted by Gasteiger charge is -2.27. The number of nitrogens with zero attached hydrogens (tertiary/aromatic N) is 1. The van der Waals surface area contributed by atoms with E-state index in [4.69, 9.17) is 9.47 Å². The minimum Gasteiger partial charge on any atom is -0.454 e. The van der Waals surface area contributed by atoms with Crippen LogP contribution < -0.4 is 9.47 Å². The summed E-state index contributed by atoms with van der Waals surface area (Å²) in [6, 6.07) is 16.3. The van der Waals surface area contributed by atoms with Gasteiger partial charge in [0.1, 0.15) is 0 Å². The number of fused-ring (bicyclic) bond motifs is 1. The number of likely N-dealkylation sites (tertiary alicyclic amines) is 1. The summed E-state index contributed by atoms with van der Waals surface area (Å²) in [6.07, 6.45) is 6.48. The first-order valence-electron chi connectivity index (χ1n) is 10.0. The largest absolute Gasteiger partial charge is 0.454 e. The van der Waals surface area contributed by atoms with Gasteiger partial charge >= 0.3 is 0 Å². The van der Waals surface area contributed by atoms with Gasteiger partial charge in [0.25, 0.3) is 0 Å². The molecule has 0 bridgehead atoms. The Morgan fingerprint density at radius 1 is 0.852 bits per heavy atom. The molecule has 4 nitrogen and oxygen atoms in total. The van der Waals surface area contributed by atoms with Gasteiger partial charge in [-0.25, -0.2) is 0 Å².